The summed E-state index contributed by atoms with van der Waals surface area (Å²) in [5, 5.41) is 0. The largest absolute Gasteiger partial charge is 0.465 e. The molecule has 0 N–H and O–H groups in total. The molecule has 0 spiro atoms. The monoisotopic (exact) mass is 916 g/mol. The van der Waals surface area contributed by atoms with Crippen molar-refractivity contribution in [2.45, 2.75) is 343 Å². The van der Waals surface area contributed by atoms with Crippen LogP contribution in [0, 0.1) is 23.7 Å². The average molecular weight is 917 g/mol. The van der Waals surface area contributed by atoms with Crippen molar-refractivity contribution in [3.63, 3.8) is 0 Å². The molecule has 0 rings (SSSR count). The van der Waals surface area contributed by atoms with Crippen LogP contribution in [0.5, 0.6) is 0 Å². The molecule has 0 bridgehead atoms. The second-order valence-corrected chi connectivity index (χ2v) is 22.6. The summed E-state index contributed by atoms with van der Waals surface area (Å²) in [7, 11) is 4.22. The van der Waals surface area contributed by atoms with E-state index in [9.17, 15) is 4.79 Å². The van der Waals surface area contributed by atoms with Gasteiger partial charge in [0.2, 0.25) is 0 Å². The van der Waals surface area contributed by atoms with Crippen LogP contribution >= 0.6 is 0 Å². The van der Waals surface area contributed by atoms with E-state index in [0.29, 0.717) is 12.5 Å². The molecule has 0 aromatic rings. The van der Waals surface area contributed by atoms with Gasteiger partial charge in [-0.25, -0.2) is 0 Å². The third kappa shape index (κ3) is 49.7. The third-order valence-electron chi connectivity index (χ3n) is 15.3. The summed E-state index contributed by atoms with van der Waals surface area (Å²) in [6, 6.07) is 0. The first kappa shape index (κ1) is 64.4. The molecular weight excluding hydrogens is 791 g/mol. The smallest absolute Gasteiger partial charge is 0.308 e. The molecular formula is C62H125NO2. The number of carbonyl (C=O) groups is 1. The third-order valence-corrected chi connectivity index (χ3v) is 15.3. The van der Waals surface area contributed by atoms with Crippen molar-refractivity contribution in [3.8, 4) is 0 Å². The maximum absolute atomic E-state index is 12.8. The lowest BCUT2D eigenvalue weighted by molar-refractivity contribution is -0.148. The highest BCUT2D eigenvalue weighted by Crippen LogP contribution is 2.30. The summed E-state index contributed by atoms with van der Waals surface area (Å²) in [4.78, 5) is 15.1. The summed E-state index contributed by atoms with van der Waals surface area (Å²) in [5.41, 5.74) is 0. The van der Waals surface area contributed by atoms with E-state index in [1.54, 1.807) is 0 Å². The molecule has 0 aliphatic carbocycles. The van der Waals surface area contributed by atoms with Crippen LogP contribution in [0.3, 0.4) is 0 Å². The van der Waals surface area contributed by atoms with Gasteiger partial charge in [0.1, 0.15) is 0 Å². The van der Waals surface area contributed by atoms with E-state index in [-0.39, 0.29) is 11.9 Å². The van der Waals surface area contributed by atoms with Gasteiger partial charge >= 0.3 is 5.97 Å². The fourth-order valence-corrected chi connectivity index (χ4v) is 10.9. The van der Waals surface area contributed by atoms with Crippen molar-refractivity contribution in [1.82, 2.24) is 4.90 Å². The SMILES string of the molecule is CCCCCCCCCCCCCCCCCCC(CCCCCCCCC(CCCCCCCCCC)CCCCCCCCCCC)CC(C)CC(C)C(=O)OCCCCN(C)C. The lowest BCUT2D eigenvalue weighted by atomic mass is 9.83. The van der Waals surface area contributed by atoms with Gasteiger partial charge in [-0.1, -0.05) is 317 Å². The van der Waals surface area contributed by atoms with Gasteiger partial charge in [0.25, 0.3) is 0 Å². The first-order valence-corrected chi connectivity index (χ1v) is 30.6. The number of rotatable bonds is 55. The molecule has 0 saturated heterocycles. The molecule has 0 fully saturated rings. The van der Waals surface area contributed by atoms with Gasteiger partial charge < -0.3 is 9.64 Å². The minimum Gasteiger partial charge on any atom is -0.465 e. The van der Waals surface area contributed by atoms with Crippen molar-refractivity contribution in [3.05, 3.63) is 0 Å². The van der Waals surface area contributed by atoms with Crippen LogP contribution in [-0.2, 0) is 9.53 Å². The molecule has 0 amide bonds. The predicted octanol–water partition coefficient (Wildman–Crippen LogP) is 21.4. The lowest BCUT2D eigenvalue weighted by Crippen LogP contribution is -2.20. The van der Waals surface area contributed by atoms with Gasteiger partial charge in [-0.15, -0.1) is 0 Å². The van der Waals surface area contributed by atoms with E-state index < -0.39 is 0 Å². The normalized spacial score (nSPS) is 13.7. The molecule has 3 heteroatoms. The zero-order chi connectivity index (χ0) is 47.5. The van der Waals surface area contributed by atoms with Gasteiger partial charge in [-0.05, 0) is 64.1 Å². The van der Waals surface area contributed by atoms with Crippen LogP contribution in [0.2, 0.25) is 0 Å². The molecule has 0 aromatic carbocycles. The number of hydrogen-bond donors (Lipinski definition) is 0. The average Bonchev–Trinajstić information content (AvgIpc) is 3.29. The second-order valence-electron chi connectivity index (χ2n) is 22.6. The number of hydrogen-bond acceptors (Lipinski definition) is 3. The van der Waals surface area contributed by atoms with Crippen molar-refractivity contribution in [1.29, 1.82) is 0 Å². The Hall–Kier alpha value is -0.570. The van der Waals surface area contributed by atoms with Crippen LogP contribution in [0.25, 0.3) is 0 Å². The van der Waals surface area contributed by atoms with Crippen LogP contribution in [0.15, 0.2) is 0 Å². The molecule has 0 heterocycles. The highest BCUT2D eigenvalue weighted by atomic mass is 16.5. The minimum atomic E-state index is 0.0140. The van der Waals surface area contributed by atoms with E-state index >= 15 is 0 Å². The van der Waals surface area contributed by atoms with E-state index in [2.05, 4.69) is 53.6 Å². The molecule has 0 radical (unpaired) electrons. The van der Waals surface area contributed by atoms with Gasteiger partial charge in [0, 0.05) is 0 Å². The zero-order valence-electron chi connectivity index (χ0n) is 46.4. The summed E-state index contributed by atoms with van der Waals surface area (Å²) in [6.07, 6.45) is 67.9. The van der Waals surface area contributed by atoms with Crippen molar-refractivity contribution >= 4 is 5.97 Å². The molecule has 65 heavy (non-hydrogen) atoms. The number of unbranched alkanes of at least 4 members (excludes halogenated alkanes) is 36. The van der Waals surface area contributed by atoms with Crippen molar-refractivity contribution in [2.24, 2.45) is 23.7 Å². The van der Waals surface area contributed by atoms with E-state index in [1.807, 2.05) is 0 Å². The van der Waals surface area contributed by atoms with E-state index in [1.165, 1.54) is 289 Å². The molecule has 4 unspecified atom stereocenters. The predicted molar refractivity (Wildman–Crippen MR) is 293 cm³/mol. The van der Waals surface area contributed by atoms with Crippen LogP contribution in [0.1, 0.15) is 343 Å². The maximum atomic E-state index is 12.8. The molecule has 3 nitrogen and oxygen atoms in total. The Kier molecular flexibility index (Phi) is 52.3. The lowest BCUT2D eigenvalue weighted by Gasteiger charge is -2.23. The molecule has 4 atom stereocenters. The Labute approximate surface area is 412 Å². The van der Waals surface area contributed by atoms with Gasteiger partial charge in [0.15, 0.2) is 0 Å². The highest BCUT2D eigenvalue weighted by Gasteiger charge is 2.21. The fraction of sp³-hybridized carbons (Fsp3) is 0.984. The van der Waals surface area contributed by atoms with Crippen LogP contribution < -0.4 is 0 Å². The Balaban J connectivity index is 4.65. The quantitative estimate of drug-likeness (QED) is 0.0450. The zero-order valence-corrected chi connectivity index (χ0v) is 46.4. The molecule has 0 aliphatic heterocycles. The molecule has 0 aliphatic rings. The molecule has 0 aromatic heterocycles. The Bertz CT molecular complexity index is 903. The number of esters is 1. The number of carbonyl (C=O) groups excluding carboxylic acids is 1. The second kappa shape index (κ2) is 52.8. The van der Waals surface area contributed by atoms with Crippen LogP contribution in [-0.4, -0.2) is 38.1 Å². The first-order valence-electron chi connectivity index (χ1n) is 30.6. The fourth-order valence-electron chi connectivity index (χ4n) is 10.9. The van der Waals surface area contributed by atoms with Crippen LogP contribution in [0.4, 0.5) is 0 Å². The van der Waals surface area contributed by atoms with Crippen molar-refractivity contribution < 1.29 is 9.53 Å². The summed E-state index contributed by atoms with van der Waals surface area (Å²) in [6.45, 7) is 13.1. The van der Waals surface area contributed by atoms with Crippen molar-refractivity contribution in [2.75, 3.05) is 27.2 Å². The van der Waals surface area contributed by atoms with Gasteiger partial charge in [-0.3, -0.25) is 4.79 Å². The van der Waals surface area contributed by atoms with E-state index in [0.717, 1.165) is 37.6 Å². The standard InChI is InChI=1S/C62H125NO2/c1-8-11-14-17-20-23-24-25-26-27-28-29-31-34-40-45-52-61(57-58(4)56-59(5)62(64)65-55-48-47-54-63(6)7)53-46-41-36-35-39-44-51-60(49-42-37-32-22-19-16-13-10-3)50-43-38-33-30-21-18-15-12-9-2/h58-61H,8-57H2,1-7H3. The topological polar surface area (TPSA) is 29.5 Å². The summed E-state index contributed by atoms with van der Waals surface area (Å²) in [5.74, 6) is 2.44. The Morgan fingerprint density at radius 3 is 0.923 bits per heavy atom. The molecule has 390 valence electrons. The maximum Gasteiger partial charge on any atom is 0.308 e. The number of ether oxygens (including phenoxy) is 1. The van der Waals surface area contributed by atoms with Gasteiger partial charge in [0.05, 0.1) is 12.5 Å². The highest BCUT2D eigenvalue weighted by molar-refractivity contribution is 5.71. The summed E-state index contributed by atoms with van der Waals surface area (Å²) >= 11 is 0. The molecule has 0 saturated carbocycles. The number of nitrogens with zero attached hydrogens (tertiary/aromatic N) is 1. The van der Waals surface area contributed by atoms with E-state index in [4.69, 9.17) is 4.74 Å². The van der Waals surface area contributed by atoms with Gasteiger partial charge in [-0.2, -0.15) is 0 Å². The Morgan fingerprint density at radius 2 is 0.631 bits per heavy atom. The Morgan fingerprint density at radius 1 is 0.354 bits per heavy atom. The minimum absolute atomic E-state index is 0.0140. The summed E-state index contributed by atoms with van der Waals surface area (Å²) < 4.78 is 5.71. The first-order chi connectivity index (χ1) is 31.8.